The van der Waals surface area contributed by atoms with Gasteiger partial charge in [-0.1, -0.05) is 0 Å². The van der Waals surface area contributed by atoms with E-state index in [2.05, 4.69) is 11.1 Å². The van der Waals surface area contributed by atoms with E-state index in [1.54, 1.807) is 6.33 Å². The third-order valence-electron chi connectivity index (χ3n) is 6.17. The molecule has 4 rings (SSSR count). The number of halogens is 2. The van der Waals surface area contributed by atoms with E-state index < -0.39 is 17.7 Å². The van der Waals surface area contributed by atoms with E-state index in [1.807, 2.05) is 11.5 Å². The van der Waals surface area contributed by atoms with Gasteiger partial charge in [0.05, 0.1) is 24.7 Å². The van der Waals surface area contributed by atoms with Crippen molar-refractivity contribution >= 4 is 5.91 Å². The highest BCUT2D eigenvalue weighted by Crippen LogP contribution is 2.37. The third-order valence-corrected chi connectivity index (χ3v) is 6.17. The maximum atomic E-state index is 13.6. The number of carbonyl (C=O) groups excluding carboxylic acids is 1. The molecule has 1 atom stereocenters. The topological polar surface area (TPSA) is 71.2 Å². The second kappa shape index (κ2) is 8.52. The van der Waals surface area contributed by atoms with E-state index in [0.29, 0.717) is 30.2 Å². The zero-order chi connectivity index (χ0) is 21.3. The highest BCUT2D eigenvalue weighted by molar-refractivity contribution is 5.78. The normalized spacial score (nSPS) is 24.1. The van der Waals surface area contributed by atoms with Gasteiger partial charge >= 0.3 is 0 Å². The molecule has 2 aliphatic rings. The Morgan fingerprint density at radius 2 is 1.90 bits per heavy atom. The molecule has 30 heavy (non-hydrogen) atoms. The number of carbonyl (C=O) groups is 1. The number of nitrogens with zero attached hydrogens (tertiary/aromatic N) is 4. The summed E-state index contributed by atoms with van der Waals surface area (Å²) in [5.41, 5.74) is 1.74. The Kier molecular flexibility index (Phi) is 5.82. The van der Waals surface area contributed by atoms with Crippen LogP contribution in [0.15, 0.2) is 24.5 Å². The molecule has 0 bridgehead atoms. The van der Waals surface area contributed by atoms with Crippen LogP contribution in [-0.2, 0) is 16.2 Å². The maximum Gasteiger partial charge on any atom is 0.249 e. The predicted octanol–water partition coefficient (Wildman–Crippen LogP) is 4.05. The van der Waals surface area contributed by atoms with E-state index in [0.717, 1.165) is 44.0 Å². The summed E-state index contributed by atoms with van der Waals surface area (Å²) >= 11 is 0. The van der Waals surface area contributed by atoms with Crippen molar-refractivity contribution in [3.05, 3.63) is 53.1 Å². The van der Waals surface area contributed by atoms with Crippen LogP contribution >= 0.6 is 0 Å². The minimum Gasteiger partial charge on any atom is -0.322 e. The van der Waals surface area contributed by atoms with Crippen molar-refractivity contribution < 1.29 is 18.4 Å². The monoisotopic (exact) mass is 414 g/mol. The van der Waals surface area contributed by atoms with Crippen LogP contribution in [0.2, 0.25) is 0 Å². The second-order valence-corrected chi connectivity index (χ2v) is 8.16. The van der Waals surface area contributed by atoms with Gasteiger partial charge in [-0.2, -0.15) is 5.26 Å². The molecule has 2 fully saturated rings. The zero-order valence-electron chi connectivity index (χ0n) is 16.9. The number of benzene rings is 1. The number of hydroxylamine groups is 2. The van der Waals surface area contributed by atoms with Crippen LogP contribution in [0.1, 0.15) is 55.1 Å². The maximum absolute atomic E-state index is 13.6. The molecule has 158 valence electrons. The molecule has 0 N–H and O–H groups in total. The van der Waals surface area contributed by atoms with Gasteiger partial charge in [-0.3, -0.25) is 9.63 Å². The highest BCUT2D eigenvalue weighted by atomic mass is 19.1. The molecule has 1 aliphatic heterocycles. The van der Waals surface area contributed by atoms with Gasteiger partial charge in [-0.15, -0.1) is 0 Å². The summed E-state index contributed by atoms with van der Waals surface area (Å²) in [6.07, 6.45) is 5.40. The molecule has 1 saturated carbocycles. The number of imidazole rings is 1. The molecule has 2 aromatic rings. The molecule has 1 aromatic carbocycles. The minimum absolute atomic E-state index is 0.114. The number of nitriles is 1. The van der Waals surface area contributed by atoms with E-state index in [9.17, 15) is 18.8 Å². The van der Waals surface area contributed by atoms with E-state index in [1.165, 1.54) is 17.2 Å². The molecule has 0 spiro atoms. The van der Waals surface area contributed by atoms with Crippen LogP contribution in [-0.4, -0.2) is 27.1 Å². The number of hydrogen-bond donors (Lipinski definition) is 0. The Hall–Kier alpha value is -2.79. The quantitative estimate of drug-likeness (QED) is 0.757. The largest absolute Gasteiger partial charge is 0.322 e. The van der Waals surface area contributed by atoms with Crippen LogP contribution in [0.3, 0.4) is 0 Å². The highest BCUT2D eigenvalue weighted by Gasteiger charge is 2.37. The summed E-state index contributed by atoms with van der Waals surface area (Å²) in [5.74, 6) is -1.22. The van der Waals surface area contributed by atoms with Crippen LogP contribution in [0.4, 0.5) is 8.78 Å². The first-order valence-corrected chi connectivity index (χ1v) is 10.3. The summed E-state index contributed by atoms with van der Waals surface area (Å²) in [6, 6.07) is 5.08. The van der Waals surface area contributed by atoms with Gasteiger partial charge in [0.2, 0.25) is 5.91 Å². The molecule has 1 aliphatic carbocycles. The first kappa shape index (κ1) is 20.5. The van der Waals surface area contributed by atoms with E-state index in [-0.39, 0.29) is 11.8 Å². The standard InChI is InChI=1S/C22H24F2N4O2/c1-14-21(11-25)27(13-26-14)12-15-2-4-16(5-3-15)22(29)28-20(6-7-30-28)17-8-18(23)10-19(24)9-17/h8-10,13,15-16,20H,2-7,12H2,1H3/t15?,16?,20-/m0/s1. The van der Waals surface area contributed by atoms with Gasteiger partial charge in [0.15, 0.2) is 0 Å². The van der Waals surface area contributed by atoms with Crippen molar-refractivity contribution in [1.29, 1.82) is 5.26 Å². The molecular formula is C22H24F2N4O2. The first-order chi connectivity index (χ1) is 14.5. The number of rotatable bonds is 4. The van der Waals surface area contributed by atoms with Crippen molar-refractivity contribution in [2.75, 3.05) is 6.61 Å². The Labute approximate surface area is 174 Å². The number of hydrogen-bond acceptors (Lipinski definition) is 4. The van der Waals surface area contributed by atoms with E-state index >= 15 is 0 Å². The second-order valence-electron chi connectivity index (χ2n) is 8.16. The molecular weight excluding hydrogens is 390 g/mol. The van der Waals surface area contributed by atoms with Gasteiger partial charge in [0, 0.05) is 24.9 Å². The Balaban J connectivity index is 1.38. The van der Waals surface area contributed by atoms with Gasteiger partial charge in [-0.25, -0.2) is 18.8 Å². The van der Waals surface area contributed by atoms with Crippen LogP contribution in [0.5, 0.6) is 0 Å². The van der Waals surface area contributed by atoms with Gasteiger partial charge in [0.25, 0.3) is 0 Å². The Morgan fingerprint density at radius 3 is 2.57 bits per heavy atom. The molecule has 8 heteroatoms. The molecule has 0 unspecified atom stereocenters. The molecule has 1 saturated heterocycles. The average Bonchev–Trinajstić information content (AvgIpc) is 3.34. The van der Waals surface area contributed by atoms with Crippen molar-refractivity contribution in [2.24, 2.45) is 11.8 Å². The molecule has 2 heterocycles. The Bertz CT molecular complexity index is 956. The van der Waals surface area contributed by atoms with Crippen molar-refractivity contribution in [3.63, 3.8) is 0 Å². The number of aromatic nitrogens is 2. The fourth-order valence-electron chi connectivity index (χ4n) is 4.57. The zero-order valence-corrected chi connectivity index (χ0v) is 16.9. The summed E-state index contributed by atoms with van der Waals surface area (Å²) in [6.45, 7) is 2.89. The lowest BCUT2D eigenvalue weighted by Crippen LogP contribution is -2.37. The smallest absolute Gasteiger partial charge is 0.249 e. The fraction of sp³-hybridized carbons (Fsp3) is 0.500. The lowest BCUT2D eigenvalue weighted by Gasteiger charge is -2.32. The van der Waals surface area contributed by atoms with Crippen molar-refractivity contribution in [1.82, 2.24) is 14.6 Å². The summed E-state index contributed by atoms with van der Waals surface area (Å²) in [7, 11) is 0. The van der Waals surface area contributed by atoms with Crippen LogP contribution in [0.25, 0.3) is 0 Å². The number of aryl methyl sites for hydroxylation is 1. The summed E-state index contributed by atoms with van der Waals surface area (Å²) in [4.78, 5) is 22.8. The SMILES string of the molecule is Cc1ncn(CC2CCC(C(=O)N3OCC[C@H]3c3cc(F)cc(F)c3)CC2)c1C#N. The van der Waals surface area contributed by atoms with E-state index in [4.69, 9.17) is 4.84 Å². The molecule has 1 amide bonds. The van der Waals surface area contributed by atoms with Crippen molar-refractivity contribution in [2.45, 2.75) is 51.6 Å². The lowest BCUT2D eigenvalue weighted by molar-refractivity contribution is -0.183. The minimum atomic E-state index is -0.656. The summed E-state index contributed by atoms with van der Waals surface area (Å²) < 4.78 is 29.2. The third kappa shape index (κ3) is 4.08. The van der Waals surface area contributed by atoms with Gasteiger partial charge in [0.1, 0.15) is 23.4 Å². The fourth-order valence-corrected chi connectivity index (χ4v) is 4.57. The lowest BCUT2D eigenvalue weighted by atomic mass is 9.81. The Morgan fingerprint density at radius 1 is 1.20 bits per heavy atom. The molecule has 1 aromatic heterocycles. The predicted molar refractivity (Wildman–Crippen MR) is 104 cm³/mol. The van der Waals surface area contributed by atoms with Crippen molar-refractivity contribution in [3.8, 4) is 6.07 Å². The summed E-state index contributed by atoms with van der Waals surface area (Å²) in [5, 5.41) is 10.6. The molecule has 6 nitrogen and oxygen atoms in total. The van der Waals surface area contributed by atoms with Gasteiger partial charge in [-0.05, 0) is 56.2 Å². The average molecular weight is 414 g/mol. The van der Waals surface area contributed by atoms with Gasteiger partial charge < -0.3 is 4.57 Å². The van der Waals surface area contributed by atoms with Crippen LogP contribution < -0.4 is 0 Å². The first-order valence-electron chi connectivity index (χ1n) is 10.3. The number of amides is 1. The molecule has 0 radical (unpaired) electrons. The van der Waals surface area contributed by atoms with Crippen LogP contribution in [0, 0.1) is 41.7 Å².